The van der Waals surface area contributed by atoms with Crippen molar-refractivity contribution in [1.29, 1.82) is 0 Å². The van der Waals surface area contributed by atoms with Gasteiger partial charge in [-0.2, -0.15) is 0 Å². The molecule has 0 atom stereocenters. The summed E-state index contributed by atoms with van der Waals surface area (Å²) in [7, 11) is 0. The molecule has 0 N–H and O–H groups in total. The molecule has 12 rings (SSSR count). The Labute approximate surface area is 403 Å². The SMILES string of the molecule is c1ccc(-c2ccc(N(c3ccccc3-c3ccccc3N(c3ccccc3-c3ccccc3)c3ccccc3-c3ccccc3)c3ccc(-c4ccccc4)c4oc5ccccc5c34)cc2)cc1. The Morgan fingerprint density at radius 2 is 0.609 bits per heavy atom. The summed E-state index contributed by atoms with van der Waals surface area (Å²) in [4.78, 5) is 4.90. The number of hydrogen-bond acceptors (Lipinski definition) is 3. The predicted molar refractivity (Wildman–Crippen MR) is 290 cm³/mol. The van der Waals surface area contributed by atoms with Gasteiger partial charge in [-0.05, 0) is 82.4 Å². The number of rotatable bonds is 11. The number of furan rings is 1. The Balaban J connectivity index is 1.12. The van der Waals surface area contributed by atoms with Crippen LogP contribution < -0.4 is 9.80 Å². The van der Waals surface area contributed by atoms with Gasteiger partial charge >= 0.3 is 0 Å². The highest BCUT2D eigenvalue weighted by atomic mass is 16.3. The quantitative estimate of drug-likeness (QED) is 0.129. The topological polar surface area (TPSA) is 19.6 Å². The van der Waals surface area contributed by atoms with Crippen molar-refractivity contribution in [3.63, 3.8) is 0 Å². The first-order chi connectivity index (χ1) is 34.3. The standard InChI is InChI=1S/C66H46N2O/c1-5-23-47(24-6-1)48-41-43-52(44-42-48)67(63-46-45-55(51-29-11-4-12-30-51)66-65(63)58-35-17-22-40-64(58)69-66)61-38-20-15-33-56(61)57-34-16-21-39-62(57)68(59-36-18-13-31-53(59)49-25-7-2-8-26-49)60-37-19-14-32-54(60)50-27-9-3-10-28-50/h1-46H. The van der Waals surface area contributed by atoms with Gasteiger partial charge in [-0.15, -0.1) is 0 Å². The maximum absolute atomic E-state index is 6.90. The second-order valence-corrected chi connectivity index (χ2v) is 17.2. The summed E-state index contributed by atoms with van der Waals surface area (Å²) in [5, 5.41) is 2.11. The zero-order valence-corrected chi connectivity index (χ0v) is 37.9. The van der Waals surface area contributed by atoms with Gasteiger partial charge in [-0.25, -0.2) is 0 Å². The molecule has 0 aliphatic rings. The molecule has 12 aromatic rings. The van der Waals surface area contributed by atoms with Gasteiger partial charge in [0.25, 0.3) is 0 Å². The number of fused-ring (bicyclic) bond motifs is 3. The zero-order chi connectivity index (χ0) is 45.9. The van der Waals surface area contributed by atoms with Crippen LogP contribution in [0.5, 0.6) is 0 Å². The van der Waals surface area contributed by atoms with Crippen molar-refractivity contribution in [2.45, 2.75) is 0 Å². The van der Waals surface area contributed by atoms with Crippen LogP contribution in [-0.2, 0) is 0 Å². The van der Waals surface area contributed by atoms with E-state index in [4.69, 9.17) is 4.42 Å². The molecule has 0 radical (unpaired) electrons. The van der Waals surface area contributed by atoms with Crippen LogP contribution in [0.15, 0.2) is 283 Å². The van der Waals surface area contributed by atoms with Crippen molar-refractivity contribution in [2.75, 3.05) is 9.80 Å². The molecule has 0 unspecified atom stereocenters. The molecule has 0 saturated heterocycles. The molecular weight excluding hydrogens is 837 g/mol. The van der Waals surface area contributed by atoms with E-state index >= 15 is 0 Å². The summed E-state index contributed by atoms with van der Waals surface area (Å²) >= 11 is 0. The van der Waals surface area contributed by atoms with Crippen LogP contribution in [0.25, 0.3) is 77.6 Å². The minimum absolute atomic E-state index is 0.847. The molecule has 326 valence electrons. The number of nitrogens with zero attached hydrogens (tertiary/aromatic N) is 2. The van der Waals surface area contributed by atoms with Gasteiger partial charge in [0, 0.05) is 38.9 Å². The normalized spacial score (nSPS) is 11.2. The van der Waals surface area contributed by atoms with Crippen molar-refractivity contribution < 1.29 is 4.42 Å². The summed E-state index contributed by atoms with van der Waals surface area (Å²) in [6.07, 6.45) is 0. The first-order valence-electron chi connectivity index (χ1n) is 23.5. The van der Waals surface area contributed by atoms with Gasteiger partial charge in [0.05, 0.1) is 33.8 Å². The molecule has 0 bridgehead atoms. The first-order valence-corrected chi connectivity index (χ1v) is 23.5. The molecule has 3 nitrogen and oxygen atoms in total. The zero-order valence-electron chi connectivity index (χ0n) is 37.9. The minimum atomic E-state index is 0.847. The van der Waals surface area contributed by atoms with Crippen LogP contribution in [0.2, 0.25) is 0 Å². The Bertz CT molecular complexity index is 3630. The highest BCUT2D eigenvalue weighted by Gasteiger charge is 2.27. The molecule has 0 aliphatic carbocycles. The van der Waals surface area contributed by atoms with Gasteiger partial charge in [0.2, 0.25) is 0 Å². The maximum atomic E-state index is 6.90. The van der Waals surface area contributed by atoms with Gasteiger partial charge in [0.1, 0.15) is 11.2 Å². The van der Waals surface area contributed by atoms with Crippen molar-refractivity contribution in [1.82, 2.24) is 0 Å². The summed E-state index contributed by atoms with van der Waals surface area (Å²) < 4.78 is 6.90. The molecule has 3 heteroatoms. The lowest BCUT2D eigenvalue weighted by molar-refractivity contribution is 0.670. The highest BCUT2D eigenvalue weighted by Crippen LogP contribution is 2.52. The number of anilines is 6. The third-order valence-corrected chi connectivity index (χ3v) is 13.1. The number of hydrogen-bond donors (Lipinski definition) is 0. The van der Waals surface area contributed by atoms with Crippen LogP contribution >= 0.6 is 0 Å². The fourth-order valence-corrected chi connectivity index (χ4v) is 9.93. The van der Waals surface area contributed by atoms with Crippen molar-refractivity contribution >= 4 is 56.1 Å². The molecular formula is C66H46N2O. The molecule has 1 aromatic heterocycles. The monoisotopic (exact) mass is 882 g/mol. The van der Waals surface area contributed by atoms with E-state index in [0.29, 0.717) is 0 Å². The summed E-state index contributed by atoms with van der Waals surface area (Å²) in [5.41, 5.74) is 19.2. The van der Waals surface area contributed by atoms with E-state index in [9.17, 15) is 0 Å². The second kappa shape index (κ2) is 18.2. The Hall–Kier alpha value is -9.18. The van der Waals surface area contributed by atoms with Gasteiger partial charge in [-0.1, -0.05) is 224 Å². The van der Waals surface area contributed by atoms with E-state index in [-0.39, 0.29) is 0 Å². The van der Waals surface area contributed by atoms with Crippen molar-refractivity contribution in [3.05, 3.63) is 279 Å². The second-order valence-electron chi connectivity index (χ2n) is 17.2. The lowest BCUT2D eigenvalue weighted by atomic mass is 9.95. The summed E-state index contributed by atoms with van der Waals surface area (Å²) in [6, 6.07) is 99.7. The predicted octanol–water partition coefficient (Wildman–Crippen LogP) is 18.9. The Morgan fingerprint density at radius 3 is 1.13 bits per heavy atom. The molecule has 69 heavy (non-hydrogen) atoms. The van der Waals surface area contributed by atoms with Crippen molar-refractivity contribution in [2.24, 2.45) is 0 Å². The average Bonchev–Trinajstić information content (AvgIpc) is 3.83. The van der Waals surface area contributed by atoms with Gasteiger partial charge in [0.15, 0.2) is 0 Å². The third kappa shape index (κ3) is 7.72. The van der Waals surface area contributed by atoms with E-state index in [1.54, 1.807) is 0 Å². The van der Waals surface area contributed by atoms with E-state index in [1.165, 1.54) is 5.56 Å². The molecule has 0 fully saturated rings. The number of para-hydroxylation sites is 5. The first kappa shape index (κ1) is 41.3. The summed E-state index contributed by atoms with van der Waals surface area (Å²) in [5.74, 6) is 0. The fourth-order valence-electron chi connectivity index (χ4n) is 9.93. The molecule has 0 amide bonds. The summed E-state index contributed by atoms with van der Waals surface area (Å²) in [6.45, 7) is 0. The third-order valence-electron chi connectivity index (χ3n) is 13.1. The smallest absolute Gasteiger partial charge is 0.145 e. The van der Waals surface area contributed by atoms with Crippen LogP contribution in [0.3, 0.4) is 0 Å². The van der Waals surface area contributed by atoms with Crippen LogP contribution in [0, 0.1) is 0 Å². The minimum Gasteiger partial charge on any atom is -0.455 e. The number of benzene rings is 11. The van der Waals surface area contributed by atoms with Gasteiger partial charge in [-0.3, -0.25) is 0 Å². The Kier molecular flexibility index (Phi) is 10.9. The molecule has 0 aliphatic heterocycles. The fraction of sp³-hybridized carbons (Fsp3) is 0. The molecule has 0 saturated carbocycles. The highest BCUT2D eigenvalue weighted by molar-refractivity contribution is 6.17. The van der Waals surface area contributed by atoms with Crippen LogP contribution in [0.4, 0.5) is 34.1 Å². The van der Waals surface area contributed by atoms with E-state index in [2.05, 4.69) is 289 Å². The van der Waals surface area contributed by atoms with Crippen LogP contribution in [-0.4, -0.2) is 0 Å². The lowest BCUT2D eigenvalue weighted by Gasteiger charge is -2.33. The average molecular weight is 883 g/mol. The van der Waals surface area contributed by atoms with E-state index in [1.807, 2.05) is 0 Å². The maximum Gasteiger partial charge on any atom is 0.145 e. The van der Waals surface area contributed by atoms with E-state index < -0.39 is 0 Å². The Morgan fingerprint density at radius 1 is 0.232 bits per heavy atom. The van der Waals surface area contributed by atoms with E-state index in [0.717, 1.165) is 106 Å². The van der Waals surface area contributed by atoms with Gasteiger partial charge < -0.3 is 14.2 Å². The van der Waals surface area contributed by atoms with Crippen molar-refractivity contribution in [3.8, 4) is 55.6 Å². The largest absolute Gasteiger partial charge is 0.455 e. The molecule has 1 heterocycles. The molecule has 0 spiro atoms. The molecule has 11 aromatic carbocycles. The lowest BCUT2D eigenvalue weighted by Crippen LogP contribution is -2.15. The van der Waals surface area contributed by atoms with Crippen LogP contribution in [0.1, 0.15) is 0 Å².